The van der Waals surface area contributed by atoms with E-state index in [0.717, 1.165) is 0 Å². The van der Waals surface area contributed by atoms with Gasteiger partial charge < -0.3 is 5.32 Å². The van der Waals surface area contributed by atoms with Crippen molar-refractivity contribution in [1.82, 2.24) is 5.32 Å². The number of amides is 1. The monoisotopic (exact) mass is 205 g/mol. The minimum absolute atomic E-state index is 0.168. The molecule has 3 heteroatoms. The van der Waals surface area contributed by atoms with Gasteiger partial charge in [0.1, 0.15) is 0 Å². The summed E-state index contributed by atoms with van der Waals surface area (Å²) in [5.74, 6) is -0.607. The number of rotatable bonds is 1. The Morgan fingerprint density at radius 2 is 2.00 bits per heavy atom. The van der Waals surface area contributed by atoms with Crippen molar-refractivity contribution in [2.75, 3.05) is 0 Å². The summed E-state index contributed by atoms with van der Waals surface area (Å²) in [4.78, 5) is 11.6. The Morgan fingerprint density at radius 1 is 1.33 bits per heavy atom. The van der Waals surface area contributed by atoms with Crippen molar-refractivity contribution in [1.29, 1.82) is 0 Å². The molecule has 1 atom stereocenters. The third-order valence-electron chi connectivity index (χ3n) is 2.65. The first kappa shape index (κ1) is 9.90. The Morgan fingerprint density at radius 3 is 2.60 bits per heavy atom. The standard InChI is InChI=1S/C12H12FNO/c1-9-7-8-12(13,11(15)14-9)10-5-3-2-4-6-10/h2-6H,1,7-8H2,(H,14,15). The number of hydrogen-bond acceptors (Lipinski definition) is 1. The highest BCUT2D eigenvalue weighted by Gasteiger charge is 2.43. The van der Waals surface area contributed by atoms with E-state index >= 15 is 0 Å². The van der Waals surface area contributed by atoms with E-state index in [4.69, 9.17) is 0 Å². The average Bonchev–Trinajstić information content (AvgIpc) is 2.25. The van der Waals surface area contributed by atoms with Crippen LogP contribution in [0.1, 0.15) is 18.4 Å². The summed E-state index contributed by atoms with van der Waals surface area (Å²) in [6, 6.07) is 8.52. The van der Waals surface area contributed by atoms with Crippen molar-refractivity contribution < 1.29 is 9.18 Å². The van der Waals surface area contributed by atoms with Gasteiger partial charge in [0.2, 0.25) is 5.67 Å². The van der Waals surface area contributed by atoms with Gasteiger partial charge in [0, 0.05) is 12.1 Å². The zero-order chi connectivity index (χ0) is 10.9. The van der Waals surface area contributed by atoms with Crippen LogP contribution in [0.5, 0.6) is 0 Å². The molecule has 0 radical (unpaired) electrons. The Bertz CT molecular complexity index is 401. The first-order chi connectivity index (χ1) is 7.13. The SMILES string of the molecule is C=C1CCC(F)(c2ccccc2)C(=O)N1. The highest BCUT2D eigenvalue weighted by atomic mass is 19.1. The molecule has 1 aliphatic rings. The second-order valence-corrected chi connectivity index (χ2v) is 3.72. The number of carbonyl (C=O) groups is 1. The molecule has 0 aliphatic carbocycles. The summed E-state index contributed by atoms with van der Waals surface area (Å²) in [6.45, 7) is 3.63. The van der Waals surface area contributed by atoms with Crippen LogP contribution in [-0.4, -0.2) is 5.91 Å². The second-order valence-electron chi connectivity index (χ2n) is 3.72. The van der Waals surface area contributed by atoms with Crippen LogP contribution < -0.4 is 5.32 Å². The van der Waals surface area contributed by atoms with Gasteiger partial charge in [0.15, 0.2) is 0 Å². The third kappa shape index (κ3) is 1.65. The molecule has 1 aromatic rings. The fourth-order valence-corrected chi connectivity index (χ4v) is 1.74. The maximum absolute atomic E-state index is 14.4. The van der Waals surface area contributed by atoms with Crippen molar-refractivity contribution in [2.45, 2.75) is 18.5 Å². The first-order valence-electron chi connectivity index (χ1n) is 4.86. The molecule has 1 saturated heterocycles. The van der Waals surface area contributed by atoms with E-state index in [1.54, 1.807) is 30.3 Å². The predicted molar refractivity (Wildman–Crippen MR) is 55.7 cm³/mol. The lowest BCUT2D eigenvalue weighted by Gasteiger charge is -2.30. The fourth-order valence-electron chi connectivity index (χ4n) is 1.74. The summed E-state index contributed by atoms with van der Waals surface area (Å²) in [5.41, 5.74) is -0.901. The third-order valence-corrected chi connectivity index (χ3v) is 2.65. The van der Waals surface area contributed by atoms with Crippen LogP contribution in [0.4, 0.5) is 4.39 Å². The van der Waals surface area contributed by atoms with E-state index in [1.165, 1.54) is 0 Å². The van der Waals surface area contributed by atoms with Gasteiger partial charge in [-0.3, -0.25) is 4.79 Å². The minimum Gasteiger partial charge on any atom is -0.327 e. The molecule has 1 fully saturated rings. The lowest BCUT2D eigenvalue weighted by molar-refractivity contribution is -0.134. The molecule has 1 unspecified atom stereocenters. The van der Waals surface area contributed by atoms with Gasteiger partial charge in [-0.2, -0.15) is 0 Å². The van der Waals surface area contributed by atoms with Gasteiger partial charge in [-0.15, -0.1) is 0 Å². The van der Waals surface area contributed by atoms with E-state index in [1.807, 2.05) is 0 Å². The normalized spacial score (nSPS) is 26.2. The highest BCUT2D eigenvalue weighted by Crippen LogP contribution is 2.35. The maximum Gasteiger partial charge on any atom is 0.266 e. The average molecular weight is 205 g/mol. The summed E-state index contributed by atoms with van der Waals surface area (Å²) < 4.78 is 14.4. The van der Waals surface area contributed by atoms with Gasteiger partial charge in [-0.25, -0.2) is 4.39 Å². The molecule has 1 N–H and O–H groups in total. The lowest BCUT2D eigenvalue weighted by atomic mass is 9.87. The van der Waals surface area contributed by atoms with Crippen molar-refractivity contribution in [3.63, 3.8) is 0 Å². The molecule has 1 amide bonds. The molecule has 0 bridgehead atoms. The van der Waals surface area contributed by atoms with E-state index in [-0.39, 0.29) is 6.42 Å². The van der Waals surface area contributed by atoms with Gasteiger partial charge in [-0.1, -0.05) is 36.9 Å². The minimum atomic E-state index is -1.90. The number of piperidine rings is 1. The highest BCUT2D eigenvalue weighted by molar-refractivity contribution is 5.88. The van der Waals surface area contributed by atoms with Crippen LogP contribution >= 0.6 is 0 Å². The quantitative estimate of drug-likeness (QED) is 0.748. The van der Waals surface area contributed by atoms with Crippen molar-refractivity contribution in [3.05, 3.63) is 48.2 Å². The topological polar surface area (TPSA) is 29.1 Å². The Balaban J connectivity index is 2.35. The molecule has 0 saturated carbocycles. The van der Waals surface area contributed by atoms with Gasteiger partial charge in [0.25, 0.3) is 5.91 Å². The van der Waals surface area contributed by atoms with Crippen LogP contribution in [0, 0.1) is 0 Å². The lowest BCUT2D eigenvalue weighted by Crippen LogP contribution is -2.44. The number of hydrogen-bond donors (Lipinski definition) is 1. The van der Waals surface area contributed by atoms with Crippen LogP contribution in [0.3, 0.4) is 0 Å². The van der Waals surface area contributed by atoms with Crippen LogP contribution in [0.25, 0.3) is 0 Å². The maximum atomic E-state index is 14.4. The van der Waals surface area contributed by atoms with Crippen LogP contribution in [0.2, 0.25) is 0 Å². The molecule has 1 aromatic carbocycles. The molecule has 0 aromatic heterocycles. The summed E-state index contributed by atoms with van der Waals surface area (Å²) >= 11 is 0. The van der Waals surface area contributed by atoms with Crippen molar-refractivity contribution in [3.8, 4) is 0 Å². The summed E-state index contributed by atoms with van der Waals surface area (Å²) in [5, 5.41) is 2.46. The van der Waals surface area contributed by atoms with E-state index in [9.17, 15) is 9.18 Å². The second kappa shape index (κ2) is 3.50. The Labute approximate surface area is 87.8 Å². The number of halogens is 1. The molecule has 2 rings (SSSR count). The van der Waals surface area contributed by atoms with Crippen molar-refractivity contribution in [2.24, 2.45) is 0 Å². The van der Waals surface area contributed by atoms with E-state index in [0.29, 0.717) is 17.7 Å². The number of nitrogens with one attached hydrogen (secondary N) is 1. The molecule has 78 valence electrons. The smallest absolute Gasteiger partial charge is 0.266 e. The molecule has 1 aliphatic heterocycles. The largest absolute Gasteiger partial charge is 0.327 e. The number of alkyl halides is 1. The number of allylic oxidation sites excluding steroid dienone is 1. The van der Waals surface area contributed by atoms with Gasteiger partial charge in [0.05, 0.1) is 0 Å². The Kier molecular flexibility index (Phi) is 2.31. The summed E-state index contributed by atoms with van der Waals surface area (Å²) in [7, 11) is 0. The number of benzene rings is 1. The molecule has 15 heavy (non-hydrogen) atoms. The first-order valence-corrected chi connectivity index (χ1v) is 4.86. The molecular formula is C12H12FNO. The van der Waals surface area contributed by atoms with Gasteiger partial charge >= 0.3 is 0 Å². The molecule has 2 nitrogen and oxygen atoms in total. The molecule has 1 heterocycles. The van der Waals surface area contributed by atoms with Gasteiger partial charge in [-0.05, 0) is 12.0 Å². The van der Waals surface area contributed by atoms with Crippen LogP contribution in [0.15, 0.2) is 42.6 Å². The van der Waals surface area contributed by atoms with E-state index < -0.39 is 11.6 Å². The van der Waals surface area contributed by atoms with Crippen molar-refractivity contribution >= 4 is 5.91 Å². The Hall–Kier alpha value is -1.64. The summed E-state index contributed by atoms with van der Waals surface area (Å²) in [6.07, 6.45) is 0.652. The van der Waals surface area contributed by atoms with E-state index in [2.05, 4.69) is 11.9 Å². The predicted octanol–water partition coefficient (Wildman–Crippen LogP) is 2.28. The number of carbonyl (C=O) groups excluding carboxylic acids is 1. The fraction of sp³-hybridized carbons (Fsp3) is 0.250. The zero-order valence-corrected chi connectivity index (χ0v) is 8.29. The van der Waals surface area contributed by atoms with Crippen LogP contribution in [-0.2, 0) is 10.5 Å². The zero-order valence-electron chi connectivity index (χ0n) is 8.29. The molecular weight excluding hydrogens is 193 g/mol. The molecule has 0 spiro atoms.